The maximum absolute atomic E-state index is 3.71. The molecule has 0 saturated carbocycles. The summed E-state index contributed by atoms with van der Waals surface area (Å²) < 4.78 is 0. The van der Waals surface area contributed by atoms with Crippen LogP contribution in [0.25, 0.3) is 0 Å². The minimum atomic E-state index is 0.643. The number of anilines is 1. The number of piperidine rings is 1. The lowest BCUT2D eigenvalue weighted by Gasteiger charge is -2.33. The Morgan fingerprint density at radius 3 is 2.21 bits per heavy atom. The second-order valence-corrected chi connectivity index (χ2v) is 6.49. The van der Waals surface area contributed by atoms with Crippen LogP contribution in [0.4, 0.5) is 5.69 Å². The maximum atomic E-state index is 3.71. The highest BCUT2D eigenvalue weighted by atomic mass is 15.1. The minimum Gasteiger partial charge on any atom is -0.382 e. The maximum Gasteiger partial charge on any atom is 0.0347 e. The van der Waals surface area contributed by atoms with Crippen LogP contribution in [0.2, 0.25) is 0 Å². The Kier molecular flexibility index (Phi) is 4.87. The van der Waals surface area contributed by atoms with Gasteiger partial charge in [0.2, 0.25) is 0 Å². The van der Waals surface area contributed by atoms with E-state index >= 15 is 0 Å². The second kappa shape index (κ2) is 6.42. The van der Waals surface area contributed by atoms with Crippen molar-refractivity contribution in [2.24, 2.45) is 5.92 Å². The molecule has 0 radical (unpaired) electrons. The number of benzene rings is 1. The summed E-state index contributed by atoms with van der Waals surface area (Å²) in [6, 6.07) is 7.39. The van der Waals surface area contributed by atoms with Crippen LogP contribution in [0.5, 0.6) is 0 Å². The standard InChI is InChI=1S/C17H28N2/c1-13(2)12-19-7-5-16(6-8-19)18-17-10-14(3)9-15(4)11-17/h9-11,13,16,18H,5-8,12H2,1-4H3. The number of rotatable bonds is 4. The van der Waals surface area contributed by atoms with Gasteiger partial charge in [0.15, 0.2) is 0 Å². The molecule has 2 nitrogen and oxygen atoms in total. The number of nitrogens with zero attached hydrogens (tertiary/aromatic N) is 1. The van der Waals surface area contributed by atoms with Gasteiger partial charge in [0.1, 0.15) is 0 Å². The largest absolute Gasteiger partial charge is 0.382 e. The number of hydrogen-bond donors (Lipinski definition) is 1. The smallest absolute Gasteiger partial charge is 0.0347 e. The monoisotopic (exact) mass is 260 g/mol. The molecule has 1 saturated heterocycles. The van der Waals surface area contributed by atoms with Crippen LogP contribution < -0.4 is 5.32 Å². The summed E-state index contributed by atoms with van der Waals surface area (Å²) in [5, 5.41) is 3.71. The Bertz CT molecular complexity index is 383. The van der Waals surface area contributed by atoms with E-state index in [-0.39, 0.29) is 0 Å². The van der Waals surface area contributed by atoms with Crippen molar-refractivity contribution < 1.29 is 0 Å². The van der Waals surface area contributed by atoms with Gasteiger partial charge in [-0.3, -0.25) is 0 Å². The fourth-order valence-corrected chi connectivity index (χ4v) is 3.07. The van der Waals surface area contributed by atoms with Gasteiger partial charge in [0.25, 0.3) is 0 Å². The molecule has 0 bridgehead atoms. The zero-order valence-electron chi connectivity index (χ0n) is 12.9. The topological polar surface area (TPSA) is 15.3 Å². The van der Waals surface area contributed by atoms with Crippen LogP contribution in [0, 0.1) is 19.8 Å². The molecule has 1 aromatic rings. The molecule has 0 aliphatic carbocycles. The summed E-state index contributed by atoms with van der Waals surface area (Å²) in [6.07, 6.45) is 2.53. The third-order valence-electron chi connectivity index (χ3n) is 3.80. The van der Waals surface area contributed by atoms with Crippen molar-refractivity contribution in [1.29, 1.82) is 0 Å². The fraction of sp³-hybridized carbons (Fsp3) is 0.647. The lowest BCUT2D eigenvalue weighted by Crippen LogP contribution is -2.40. The van der Waals surface area contributed by atoms with Crippen molar-refractivity contribution in [3.05, 3.63) is 29.3 Å². The Balaban J connectivity index is 1.85. The Hall–Kier alpha value is -1.02. The van der Waals surface area contributed by atoms with Gasteiger partial charge in [-0.15, -0.1) is 0 Å². The number of nitrogens with one attached hydrogen (secondary N) is 1. The molecule has 19 heavy (non-hydrogen) atoms. The van der Waals surface area contributed by atoms with Crippen LogP contribution in [0.15, 0.2) is 18.2 Å². The summed E-state index contributed by atoms with van der Waals surface area (Å²) in [4.78, 5) is 2.60. The summed E-state index contributed by atoms with van der Waals surface area (Å²) in [5.41, 5.74) is 3.99. The van der Waals surface area contributed by atoms with E-state index in [9.17, 15) is 0 Å². The van der Waals surface area contributed by atoms with E-state index in [0.29, 0.717) is 6.04 Å². The summed E-state index contributed by atoms with van der Waals surface area (Å²) in [6.45, 7) is 12.7. The first-order chi connectivity index (χ1) is 9.02. The molecule has 1 fully saturated rings. The molecule has 0 unspecified atom stereocenters. The molecular weight excluding hydrogens is 232 g/mol. The zero-order valence-corrected chi connectivity index (χ0v) is 12.9. The summed E-state index contributed by atoms with van der Waals surface area (Å²) in [7, 11) is 0. The van der Waals surface area contributed by atoms with Crippen molar-refractivity contribution in [1.82, 2.24) is 4.90 Å². The molecule has 106 valence electrons. The summed E-state index contributed by atoms with van der Waals surface area (Å²) >= 11 is 0. The predicted octanol–water partition coefficient (Wildman–Crippen LogP) is 3.84. The van der Waals surface area contributed by atoms with Crippen LogP contribution in [-0.2, 0) is 0 Å². The minimum absolute atomic E-state index is 0.643. The van der Waals surface area contributed by atoms with Gasteiger partial charge in [-0.05, 0) is 55.9 Å². The van der Waals surface area contributed by atoms with Gasteiger partial charge in [-0.25, -0.2) is 0 Å². The molecule has 0 atom stereocenters. The fourth-order valence-electron chi connectivity index (χ4n) is 3.07. The quantitative estimate of drug-likeness (QED) is 0.885. The van der Waals surface area contributed by atoms with Gasteiger partial charge in [-0.1, -0.05) is 19.9 Å². The first-order valence-electron chi connectivity index (χ1n) is 7.60. The molecular formula is C17H28N2. The molecule has 1 aromatic carbocycles. The van der Waals surface area contributed by atoms with Crippen LogP contribution in [-0.4, -0.2) is 30.6 Å². The van der Waals surface area contributed by atoms with Gasteiger partial charge in [0.05, 0.1) is 0 Å². The second-order valence-electron chi connectivity index (χ2n) is 6.49. The van der Waals surface area contributed by atoms with Crippen molar-refractivity contribution in [2.75, 3.05) is 25.0 Å². The first kappa shape index (κ1) is 14.4. The average Bonchev–Trinajstić information content (AvgIpc) is 2.29. The Morgan fingerprint density at radius 1 is 1.11 bits per heavy atom. The van der Waals surface area contributed by atoms with E-state index in [1.54, 1.807) is 0 Å². The van der Waals surface area contributed by atoms with Crippen molar-refractivity contribution in [3.8, 4) is 0 Å². The predicted molar refractivity (Wildman–Crippen MR) is 83.8 cm³/mol. The zero-order chi connectivity index (χ0) is 13.8. The SMILES string of the molecule is Cc1cc(C)cc(NC2CCN(CC(C)C)CC2)c1. The van der Waals surface area contributed by atoms with E-state index in [4.69, 9.17) is 0 Å². The highest BCUT2D eigenvalue weighted by molar-refractivity contribution is 5.49. The number of hydrogen-bond acceptors (Lipinski definition) is 2. The molecule has 1 aliphatic heterocycles. The van der Waals surface area contributed by atoms with Crippen molar-refractivity contribution >= 4 is 5.69 Å². The summed E-state index contributed by atoms with van der Waals surface area (Å²) in [5.74, 6) is 0.781. The first-order valence-corrected chi connectivity index (χ1v) is 7.60. The number of likely N-dealkylation sites (tertiary alicyclic amines) is 1. The van der Waals surface area contributed by atoms with Crippen LogP contribution in [0.3, 0.4) is 0 Å². The molecule has 2 rings (SSSR count). The lowest BCUT2D eigenvalue weighted by molar-refractivity contribution is 0.198. The molecule has 2 heteroatoms. The van der Waals surface area contributed by atoms with E-state index < -0.39 is 0 Å². The lowest BCUT2D eigenvalue weighted by atomic mass is 10.0. The van der Waals surface area contributed by atoms with E-state index in [2.05, 4.69) is 56.1 Å². The molecule has 0 aromatic heterocycles. The average molecular weight is 260 g/mol. The normalized spacial score (nSPS) is 17.9. The molecule has 1 aliphatic rings. The van der Waals surface area contributed by atoms with Gasteiger partial charge in [-0.2, -0.15) is 0 Å². The highest BCUT2D eigenvalue weighted by Gasteiger charge is 2.19. The van der Waals surface area contributed by atoms with Crippen molar-refractivity contribution in [3.63, 3.8) is 0 Å². The highest BCUT2D eigenvalue weighted by Crippen LogP contribution is 2.19. The van der Waals surface area contributed by atoms with E-state index in [1.165, 1.54) is 49.3 Å². The Labute approximate surface area is 118 Å². The van der Waals surface area contributed by atoms with Gasteiger partial charge >= 0.3 is 0 Å². The Morgan fingerprint density at radius 2 is 1.68 bits per heavy atom. The van der Waals surface area contributed by atoms with Crippen LogP contribution >= 0.6 is 0 Å². The molecule has 1 N–H and O–H groups in total. The van der Waals surface area contributed by atoms with E-state index in [0.717, 1.165) is 5.92 Å². The van der Waals surface area contributed by atoms with Gasteiger partial charge < -0.3 is 10.2 Å². The molecule has 0 spiro atoms. The third kappa shape index (κ3) is 4.54. The van der Waals surface area contributed by atoms with E-state index in [1.807, 2.05) is 0 Å². The third-order valence-corrected chi connectivity index (χ3v) is 3.80. The molecule has 1 heterocycles. The van der Waals surface area contributed by atoms with Gasteiger partial charge in [0, 0.05) is 31.4 Å². The number of aryl methyl sites for hydroxylation is 2. The molecule has 0 amide bonds. The van der Waals surface area contributed by atoms with Crippen molar-refractivity contribution in [2.45, 2.75) is 46.6 Å². The van der Waals surface area contributed by atoms with Crippen LogP contribution in [0.1, 0.15) is 37.8 Å².